The number of H-pyrrole nitrogens is 1. The number of rotatable bonds is 8. The summed E-state index contributed by atoms with van der Waals surface area (Å²) in [7, 11) is 1.64. The van der Waals surface area contributed by atoms with Gasteiger partial charge in [-0.3, -0.25) is 19.0 Å². The second kappa shape index (κ2) is 10.2. The molecule has 0 atom stereocenters. The summed E-state index contributed by atoms with van der Waals surface area (Å²) in [5.74, 6) is 0.622. The van der Waals surface area contributed by atoms with Crippen molar-refractivity contribution in [2.75, 3.05) is 13.7 Å². The van der Waals surface area contributed by atoms with Crippen molar-refractivity contribution >= 4 is 27.8 Å². The minimum Gasteiger partial charge on any atom is -0.497 e. The van der Waals surface area contributed by atoms with Crippen molar-refractivity contribution in [2.24, 2.45) is 0 Å². The molecule has 0 fully saturated rings. The fourth-order valence-corrected chi connectivity index (χ4v) is 4.69. The minimum atomic E-state index is -0.558. The van der Waals surface area contributed by atoms with Crippen LogP contribution in [0.5, 0.6) is 5.75 Å². The Bertz CT molecular complexity index is 1710. The molecule has 0 saturated heterocycles. The summed E-state index contributed by atoms with van der Waals surface area (Å²) in [6.07, 6.45) is 2.63. The molecular weight excluding hydrogens is 468 g/mol. The van der Waals surface area contributed by atoms with Gasteiger partial charge in [-0.1, -0.05) is 24.3 Å². The molecule has 0 spiro atoms. The third-order valence-electron chi connectivity index (χ3n) is 6.66. The van der Waals surface area contributed by atoms with Crippen LogP contribution in [0.3, 0.4) is 0 Å². The smallest absolute Gasteiger partial charge is 0.317 e. The predicted molar refractivity (Wildman–Crippen MR) is 145 cm³/mol. The molecule has 2 N–H and O–H groups in total. The molecule has 0 saturated carbocycles. The average Bonchev–Trinajstić information content (AvgIpc) is 3.33. The second-order valence-electron chi connectivity index (χ2n) is 8.86. The van der Waals surface area contributed by atoms with Crippen molar-refractivity contribution < 1.29 is 9.53 Å². The van der Waals surface area contributed by atoms with Crippen LogP contribution in [0.1, 0.15) is 28.4 Å². The Kier molecular flexibility index (Phi) is 6.64. The lowest BCUT2D eigenvalue weighted by atomic mass is 10.1. The first-order valence-electron chi connectivity index (χ1n) is 12.2. The molecule has 0 unspecified atom stereocenters. The first-order valence-corrected chi connectivity index (χ1v) is 12.2. The molecule has 2 aromatic heterocycles. The largest absolute Gasteiger partial charge is 0.497 e. The fourth-order valence-electron chi connectivity index (χ4n) is 4.69. The molecule has 0 aliphatic carbocycles. The summed E-state index contributed by atoms with van der Waals surface area (Å²) in [5.41, 5.74) is 3.81. The number of carbonyl (C=O) groups is 1. The highest BCUT2D eigenvalue weighted by molar-refractivity contribution is 5.94. The van der Waals surface area contributed by atoms with Crippen molar-refractivity contribution in [1.82, 2.24) is 19.4 Å². The predicted octanol–water partition coefficient (Wildman–Crippen LogP) is 3.69. The van der Waals surface area contributed by atoms with Crippen LogP contribution in [0.25, 0.3) is 21.9 Å². The van der Waals surface area contributed by atoms with Gasteiger partial charge in [0.15, 0.2) is 0 Å². The Labute approximate surface area is 213 Å². The second-order valence-corrected chi connectivity index (χ2v) is 8.86. The average molecular weight is 497 g/mol. The first-order chi connectivity index (χ1) is 18.0. The third-order valence-corrected chi connectivity index (χ3v) is 6.66. The molecule has 2 heterocycles. The first kappa shape index (κ1) is 24.1. The van der Waals surface area contributed by atoms with E-state index in [0.717, 1.165) is 33.3 Å². The van der Waals surface area contributed by atoms with Gasteiger partial charge in [0, 0.05) is 35.8 Å². The zero-order valence-corrected chi connectivity index (χ0v) is 20.8. The topological polar surface area (TPSA) is 98.1 Å². The minimum absolute atomic E-state index is 0.169. The van der Waals surface area contributed by atoms with Crippen molar-refractivity contribution in [3.05, 3.63) is 110 Å². The van der Waals surface area contributed by atoms with Gasteiger partial charge in [0.2, 0.25) is 0 Å². The Hall–Kier alpha value is -4.59. The number of para-hydroxylation sites is 2. The van der Waals surface area contributed by atoms with Crippen LogP contribution in [-0.2, 0) is 19.5 Å². The van der Waals surface area contributed by atoms with Crippen molar-refractivity contribution in [1.29, 1.82) is 0 Å². The summed E-state index contributed by atoms with van der Waals surface area (Å²) >= 11 is 0. The van der Waals surface area contributed by atoms with Gasteiger partial charge in [-0.25, -0.2) is 0 Å². The Morgan fingerprint density at radius 1 is 0.946 bits per heavy atom. The summed E-state index contributed by atoms with van der Waals surface area (Å²) in [4.78, 5) is 41.4. The van der Waals surface area contributed by atoms with Crippen LogP contribution in [-0.4, -0.2) is 33.7 Å². The number of amides is 1. The highest BCUT2D eigenvalue weighted by Gasteiger charge is 2.13. The van der Waals surface area contributed by atoms with E-state index >= 15 is 0 Å². The molecule has 0 radical (unpaired) electrons. The number of hydrogen-bond donors (Lipinski definition) is 2. The van der Waals surface area contributed by atoms with E-state index in [9.17, 15) is 14.4 Å². The van der Waals surface area contributed by atoms with Crippen molar-refractivity contribution in [3.63, 3.8) is 0 Å². The Balaban J connectivity index is 1.28. The maximum atomic E-state index is 12.8. The van der Waals surface area contributed by atoms with Gasteiger partial charge >= 0.3 is 11.1 Å². The molecule has 0 aliphatic rings. The molecule has 8 nitrogen and oxygen atoms in total. The van der Waals surface area contributed by atoms with Crippen molar-refractivity contribution in [2.45, 2.75) is 26.4 Å². The number of nitrogens with one attached hydrogen (secondary N) is 2. The van der Waals surface area contributed by atoms with Crippen LogP contribution >= 0.6 is 0 Å². The number of aromatic amines is 1. The van der Waals surface area contributed by atoms with Gasteiger partial charge in [-0.15, -0.1) is 0 Å². The Morgan fingerprint density at radius 2 is 1.65 bits per heavy atom. The molecule has 1 amide bonds. The number of ether oxygens (including phenoxy) is 1. The third kappa shape index (κ3) is 4.65. The zero-order chi connectivity index (χ0) is 25.9. The standard InChI is InChI=1S/C29H28N4O4/c1-3-32-25-6-4-5-7-26(25)33(29(36)28(32)35)18-19-8-10-20(11-9-19)27(34)30-15-14-21-17-31-24-13-12-22(37-2)16-23(21)24/h4-13,16-17,31H,3,14-15,18H2,1-2H3,(H,30,34). The van der Waals surface area contributed by atoms with E-state index in [-0.39, 0.29) is 12.5 Å². The zero-order valence-electron chi connectivity index (χ0n) is 20.8. The van der Waals surface area contributed by atoms with E-state index in [4.69, 9.17) is 4.74 Å². The molecule has 3 aromatic carbocycles. The highest BCUT2D eigenvalue weighted by atomic mass is 16.5. The van der Waals surface area contributed by atoms with Gasteiger partial charge in [-0.05, 0) is 66.9 Å². The van der Waals surface area contributed by atoms with E-state index in [1.54, 1.807) is 19.2 Å². The summed E-state index contributed by atoms with van der Waals surface area (Å²) in [5, 5.41) is 4.05. The van der Waals surface area contributed by atoms with E-state index in [1.165, 1.54) is 9.13 Å². The SMILES string of the molecule is CCn1c(=O)c(=O)n(Cc2ccc(C(=O)NCCc3c[nH]c4ccc(OC)cc34)cc2)c2ccccc21. The molecule has 0 bridgehead atoms. The van der Waals surface area contributed by atoms with E-state index in [2.05, 4.69) is 10.3 Å². The number of nitrogens with zero attached hydrogens (tertiary/aromatic N) is 2. The van der Waals surface area contributed by atoms with E-state index in [1.807, 2.05) is 67.7 Å². The van der Waals surface area contributed by atoms with Crippen LogP contribution in [0.2, 0.25) is 0 Å². The Morgan fingerprint density at radius 3 is 2.35 bits per heavy atom. The van der Waals surface area contributed by atoms with Crippen LogP contribution in [0, 0.1) is 0 Å². The number of carbonyl (C=O) groups excluding carboxylic acids is 1. The van der Waals surface area contributed by atoms with E-state index in [0.29, 0.717) is 30.6 Å². The number of benzene rings is 3. The number of methoxy groups -OCH3 is 1. The normalized spacial score (nSPS) is 11.2. The van der Waals surface area contributed by atoms with Gasteiger partial charge in [-0.2, -0.15) is 0 Å². The number of hydrogen-bond acceptors (Lipinski definition) is 4. The van der Waals surface area contributed by atoms with E-state index < -0.39 is 11.1 Å². The maximum absolute atomic E-state index is 12.8. The van der Waals surface area contributed by atoms with Crippen LogP contribution in [0.4, 0.5) is 0 Å². The maximum Gasteiger partial charge on any atom is 0.317 e. The van der Waals surface area contributed by atoms with Gasteiger partial charge in [0.25, 0.3) is 5.91 Å². The molecule has 37 heavy (non-hydrogen) atoms. The van der Waals surface area contributed by atoms with Gasteiger partial charge in [0.05, 0.1) is 24.7 Å². The van der Waals surface area contributed by atoms with Crippen molar-refractivity contribution in [3.8, 4) is 5.75 Å². The summed E-state index contributed by atoms with van der Waals surface area (Å²) < 4.78 is 8.31. The molecular formula is C29H28N4O4. The summed E-state index contributed by atoms with van der Waals surface area (Å²) in [6.45, 7) is 3.00. The quantitative estimate of drug-likeness (QED) is 0.320. The molecule has 8 heteroatoms. The lowest BCUT2D eigenvalue weighted by molar-refractivity contribution is 0.0954. The molecule has 5 aromatic rings. The highest BCUT2D eigenvalue weighted by Crippen LogP contribution is 2.23. The van der Waals surface area contributed by atoms with Gasteiger partial charge in [0.1, 0.15) is 5.75 Å². The molecule has 5 rings (SSSR count). The lowest BCUT2D eigenvalue weighted by Crippen LogP contribution is -2.41. The lowest BCUT2D eigenvalue weighted by Gasteiger charge is -2.14. The molecule has 0 aliphatic heterocycles. The number of aromatic nitrogens is 3. The van der Waals surface area contributed by atoms with Gasteiger partial charge < -0.3 is 19.6 Å². The molecule has 188 valence electrons. The van der Waals surface area contributed by atoms with Crippen LogP contribution in [0.15, 0.2) is 82.5 Å². The fraction of sp³-hybridized carbons (Fsp3) is 0.207. The summed E-state index contributed by atoms with van der Waals surface area (Å²) in [6, 6.07) is 20.4. The number of fused-ring (bicyclic) bond motifs is 2. The monoisotopic (exact) mass is 496 g/mol. The van der Waals surface area contributed by atoms with Crippen LogP contribution < -0.4 is 21.2 Å². The number of aryl methyl sites for hydroxylation is 1.